The van der Waals surface area contributed by atoms with Crippen molar-refractivity contribution >= 4 is 12.0 Å². The summed E-state index contributed by atoms with van der Waals surface area (Å²) in [6, 6.07) is 3.39. The second-order valence-corrected chi connectivity index (χ2v) is 8.97. The predicted molar refractivity (Wildman–Crippen MR) is 101 cm³/mol. The summed E-state index contributed by atoms with van der Waals surface area (Å²) in [5.74, 6) is 1.12. The van der Waals surface area contributed by atoms with E-state index in [9.17, 15) is 15.0 Å². The van der Waals surface area contributed by atoms with Crippen molar-refractivity contribution in [2.75, 3.05) is 6.54 Å². The fourth-order valence-electron chi connectivity index (χ4n) is 6.04. The summed E-state index contributed by atoms with van der Waals surface area (Å²) in [7, 11) is 0. The van der Waals surface area contributed by atoms with E-state index in [-0.39, 0.29) is 17.6 Å². The maximum absolute atomic E-state index is 12.8. The van der Waals surface area contributed by atoms with E-state index in [2.05, 4.69) is 17.7 Å². The molecule has 5 heteroatoms. The Balaban J connectivity index is 1.68. The van der Waals surface area contributed by atoms with E-state index in [4.69, 9.17) is 4.74 Å². The molecule has 5 nitrogen and oxygen atoms in total. The first-order valence-corrected chi connectivity index (χ1v) is 10.2. The number of phenolic OH excluding ortho intramolecular Hbond substituents is 1. The number of phenols is 1. The maximum atomic E-state index is 12.8. The van der Waals surface area contributed by atoms with Crippen LogP contribution in [0.25, 0.3) is 0 Å². The summed E-state index contributed by atoms with van der Waals surface area (Å²) in [4.78, 5) is 12.8. The van der Waals surface area contributed by atoms with Gasteiger partial charge in [-0.1, -0.05) is 12.5 Å². The van der Waals surface area contributed by atoms with Gasteiger partial charge in [-0.05, 0) is 37.8 Å². The Bertz CT molecular complexity index is 858. The number of aromatic hydroxyl groups is 1. The SMILES string of the molecule is Cc1ccc(O)c2c1C13CC[N+](=CC4CCC4)C(C)C1(O)CCC(=O)C3O2. The van der Waals surface area contributed by atoms with Gasteiger partial charge in [-0.25, -0.2) is 4.58 Å². The second-order valence-electron chi connectivity index (χ2n) is 8.97. The van der Waals surface area contributed by atoms with Crippen molar-refractivity contribution in [2.24, 2.45) is 5.92 Å². The summed E-state index contributed by atoms with van der Waals surface area (Å²) in [6.45, 7) is 4.86. The molecule has 0 amide bonds. The number of benzene rings is 1. The number of aryl methyl sites for hydroxylation is 1. The van der Waals surface area contributed by atoms with Crippen molar-refractivity contribution in [1.82, 2.24) is 0 Å². The zero-order chi connectivity index (χ0) is 19.0. The lowest BCUT2D eigenvalue weighted by molar-refractivity contribution is -0.602. The highest BCUT2D eigenvalue weighted by atomic mass is 16.5. The van der Waals surface area contributed by atoms with E-state index in [1.54, 1.807) is 6.07 Å². The number of carbonyl (C=O) groups excluding carboxylic acids is 1. The largest absolute Gasteiger partial charge is 0.504 e. The molecule has 1 saturated heterocycles. The summed E-state index contributed by atoms with van der Waals surface area (Å²) in [6.07, 6.45) is 6.77. The standard InChI is InChI=1S/C22H27NO4/c1-13-6-7-16(24)19-18(13)21-10-11-23(12-15-4-3-5-15)14(2)22(21,26)9-8-17(25)20(21)27-19/h6-7,12,14-15,20,26H,3-5,8-11H2,1-2H3/p+1. The summed E-state index contributed by atoms with van der Waals surface area (Å²) < 4.78 is 8.37. The lowest BCUT2D eigenvalue weighted by Crippen LogP contribution is -2.72. The van der Waals surface area contributed by atoms with Crippen LogP contribution in [-0.4, -0.2) is 51.1 Å². The molecule has 2 aliphatic carbocycles. The molecule has 4 unspecified atom stereocenters. The zero-order valence-electron chi connectivity index (χ0n) is 16.1. The molecule has 0 radical (unpaired) electrons. The molecule has 144 valence electrons. The number of ether oxygens (including phenoxy) is 1. The predicted octanol–water partition coefficient (Wildman–Crippen LogP) is 2.47. The van der Waals surface area contributed by atoms with Crippen LogP contribution >= 0.6 is 0 Å². The fraction of sp³-hybridized carbons (Fsp3) is 0.636. The molecule has 5 rings (SSSR count). The Morgan fingerprint density at radius 1 is 1.30 bits per heavy atom. The Morgan fingerprint density at radius 3 is 2.78 bits per heavy atom. The quantitative estimate of drug-likeness (QED) is 0.745. The summed E-state index contributed by atoms with van der Waals surface area (Å²) in [5.41, 5.74) is -0.0159. The van der Waals surface area contributed by atoms with Gasteiger partial charge >= 0.3 is 0 Å². The van der Waals surface area contributed by atoms with Crippen LogP contribution < -0.4 is 4.74 Å². The third kappa shape index (κ3) is 2.04. The number of nitrogens with zero attached hydrogens (tertiary/aromatic N) is 1. The average Bonchev–Trinajstić information content (AvgIpc) is 2.97. The number of ketones is 1. The third-order valence-corrected chi connectivity index (χ3v) is 7.80. The van der Waals surface area contributed by atoms with Crippen LogP contribution in [0.2, 0.25) is 0 Å². The van der Waals surface area contributed by atoms with Crippen LogP contribution in [-0.2, 0) is 10.2 Å². The van der Waals surface area contributed by atoms with Crippen LogP contribution in [0.1, 0.15) is 56.6 Å². The van der Waals surface area contributed by atoms with Crippen LogP contribution in [0.5, 0.6) is 11.5 Å². The van der Waals surface area contributed by atoms with Crippen molar-refractivity contribution in [2.45, 2.75) is 75.5 Å². The molecule has 27 heavy (non-hydrogen) atoms. The first-order chi connectivity index (χ1) is 12.9. The molecule has 1 spiro atoms. The van der Waals surface area contributed by atoms with Crippen LogP contribution in [0.15, 0.2) is 12.1 Å². The van der Waals surface area contributed by atoms with E-state index in [1.807, 2.05) is 13.0 Å². The number of rotatable bonds is 1. The first-order valence-electron chi connectivity index (χ1n) is 10.2. The molecule has 1 aromatic carbocycles. The highest BCUT2D eigenvalue weighted by molar-refractivity contribution is 5.89. The number of fused-ring (bicyclic) bond motifs is 1. The highest BCUT2D eigenvalue weighted by Crippen LogP contribution is 2.61. The first kappa shape index (κ1) is 17.2. The number of carbonyl (C=O) groups is 1. The minimum absolute atomic E-state index is 0.0401. The Kier molecular flexibility index (Phi) is 3.55. The molecule has 2 aliphatic heterocycles. The molecule has 2 N–H and O–H groups in total. The van der Waals surface area contributed by atoms with E-state index in [0.717, 1.165) is 17.7 Å². The van der Waals surface area contributed by atoms with Crippen LogP contribution in [0.4, 0.5) is 0 Å². The molecular formula is C22H28NO4+. The third-order valence-electron chi connectivity index (χ3n) is 7.80. The number of Topliss-reactive ketones (excluding diaryl/α,β-unsaturated/α-hetero) is 1. The monoisotopic (exact) mass is 370 g/mol. The normalized spacial score (nSPS) is 39.4. The van der Waals surface area contributed by atoms with Crippen LogP contribution in [0.3, 0.4) is 0 Å². The van der Waals surface area contributed by atoms with Crippen molar-refractivity contribution in [3.63, 3.8) is 0 Å². The number of piperidine rings is 1. The molecule has 2 heterocycles. The fourth-order valence-corrected chi connectivity index (χ4v) is 6.04. The Hall–Kier alpha value is -1.88. The topological polar surface area (TPSA) is 69.8 Å². The highest BCUT2D eigenvalue weighted by Gasteiger charge is 2.72. The van der Waals surface area contributed by atoms with Gasteiger partial charge in [0.15, 0.2) is 29.4 Å². The minimum atomic E-state index is -1.06. The molecule has 2 saturated carbocycles. The molecule has 0 bridgehead atoms. The van der Waals surface area contributed by atoms with Gasteiger partial charge in [0.1, 0.15) is 18.4 Å². The Labute approximate surface area is 159 Å². The molecule has 4 aliphatic rings. The number of hydrogen-bond acceptors (Lipinski definition) is 4. The van der Waals surface area contributed by atoms with Crippen molar-refractivity contribution < 1.29 is 24.3 Å². The van der Waals surface area contributed by atoms with Gasteiger partial charge < -0.3 is 14.9 Å². The van der Waals surface area contributed by atoms with Gasteiger partial charge in [0.2, 0.25) is 0 Å². The van der Waals surface area contributed by atoms with Crippen molar-refractivity contribution in [1.29, 1.82) is 0 Å². The van der Waals surface area contributed by atoms with E-state index in [0.29, 0.717) is 30.9 Å². The van der Waals surface area contributed by atoms with Gasteiger partial charge in [-0.3, -0.25) is 4.79 Å². The molecule has 3 fully saturated rings. The van der Waals surface area contributed by atoms with Gasteiger partial charge in [0, 0.05) is 31.2 Å². The maximum Gasteiger partial charge on any atom is 0.179 e. The zero-order valence-corrected chi connectivity index (χ0v) is 16.1. The van der Waals surface area contributed by atoms with E-state index < -0.39 is 17.1 Å². The smallest absolute Gasteiger partial charge is 0.179 e. The minimum Gasteiger partial charge on any atom is -0.504 e. The molecule has 1 aromatic rings. The second kappa shape index (κ2) is 5.57. The lowest BCUT2D eigenvalue weighted by atomic mass is 9.52. The van der Waals surface area contributed by atoms with Gasteiger partial charge in [-0.2, -0.15) is 0 Å². The van der Waals surface area contributed by atoms with Crippen molar-refractivity contribution in [3.8, 4) is 11.5 Å². The molecular weight excluding hydrogens is 342 g/mol. The summed E-state index contributed by atoms with van der Waals surface area (Å²) >= 11 is 0. The van der Waals surface area contributed by atoms with E-state index >= 15 is 0 Å². The Morgan fingerprint density at radius 2 is 2.07 bits per heavy atom. The molecule has 4 atom stereocenters. The average molecular weight is 370 g/mol. The van der Waals surface area contributed by atoms with Crippen LogP contribution in [0, 0.1) is 12.8 Å². The van der Waals surface area contributed by atoms with E-state index in [1.165, 1.54) is 19.3 Å². The summed E-state index contributed by atoms with van der Waals surface area (Å²) in [5, 5.41) is 22.5. The lowest BCUT2D eigenvalue weighted by Gasteiger charge is -2.53. The van der Waals surface area contributed by atoms with Gasteiger partial charge in [-0.15, -0.1) is 0 Å². The number of hydrogen-bond donors (Lipinski definition) is 2. The van der Waals surface area contributed by atoms with Crippen molar-refractivity contribution in [3.05, 3.63) is 23.3 Å². The van der Waals surface area contributed by atoms with Gasteiger partial charge in [0.25, 0.3) is 0 Å². The van der Waals surface area contributed by atoms with Gasteiger partial charge in [0.05, 0.1) is 5.41 Å². The number of aliphatic hydroxyl groups is 1. The molecule has 0 aromatic heterocycles.